The van der Waals surface area contributed by atoms with E-state index in [2.05, 4.69) is 10.1 Å². The molecule has 0 unspecified atom stereocenters. The van der Waals surface area contributed by atoms with Gasteiger partial charge in [-0.1, -0.05) is 24.4 Å². The molecule has 1 aromatic rings. The summed E-state index contributed by atoms with van der Waals surface area (Å²) in [6.07, 6.45) is 8.41. The number of aromatic nitrogens is 2. The van der Waals surface area contributed by atoms with Gasteiger partial charge in [0, 0.05) is 17.9 Å². The summed E-state index contributed by atoms with van der Waals surface area (Å²) in [5.74, 6) is 2.55. The van der Waals surface area contributed by atoms with Crippen LogP contribution in [0, 0.1) is 0 Å². The van der Waals surface area contributed by atoms with E-state index in [1.54, 1.807) is 0 Å². The van der Waals surface area contributed by atoms with Crippen molar-refractivity contribution in [3.8, 4) is 0 Å². The maximum Gasteiger partial charge on any atom is 0.229 e. The quantitative estimate of drug-likeness (QED) is 0.832. The lowest BCUT2D eigenvalue weighted by Crippen LogP contribution is -2.23. The van der Waals surface area contributed by atoms with Gasteiger partial charge in [0.2, 0.25) is 5.89 Å². The molecule has 2 aliphatic carbocycles. The van der Waals surface area contributed by atoms with Crippen LogP contribution in [0.15, 0.2) is 4.52 Å². The van der Waals surface area contributed by atoms with Gasteiger partial charge in [-0.15, -0.1) is 0 Å². The molecule has 3 rings (SSSR count). The van der Waals surface area contributed by atoms with Gasteiger partial charge in [-0.25, -0.2) is 0 Å². The first-order valence-corrected chi connectivity index (χ1v) is 6.43. The molecule has 0 bridgehead atoms. The topological polar surface area (TPSA) is 64.9 Å². The zero-order chi connectivity index (χ0) is 11.0. The van der Waals surface area contributed by atoms with Gasteiger partial charge >= 0.3 is 0 Å². The molecule has 0 radical (unpaired) electrons. The molecule has 0 amide bonds. The Kier molecular flexibility index (Phi) is 2.67. The van der Waals surface area contributed by atoms with Gasteiger partial charge in [-0.05, 0) is 25.7 Å². The van der Waals surface area contributed by atoms with Crippen molar-refractivity contribution in [2.24, 2.45) is 5.73 Å². The van der Waals surface area contributed by atoms with Gasteiger partial charge in [0.25, 0.3) is 0 Å². The Bertz CT molecular complexity index is 357. The van der Waals surface area contributed by atoms with E-state index in [9.17, 15) is 0 Å². The van der Waals surface area contributed by atoms with E-state index >= 15 is 0 Å². The highest BCUT2D eigenvalue weighted by Crippen LogP contribution is 2.36. The van der Waals surface area contributed by atoms with Gasteiger partial charge < -0.3 is 10.3 Å². The Labute approximate surface area is 95.6 Å². The lowest BCUT2D eigenvalue weighted by Gasteiger charge is -2.09. The molecule has 0 saturated heterocycles. The normalized spacial score (nSPS) is 31.3. The van der Waals surface area contributed by atoms with Gasteiger partial charge in [0.15, 0.2) is 5.82 Å². The second kappa shape index (κ2) is 4.17. The van der Waals surface area contributed by atoms with Crippen LogP contribution in [0.2, 0.25) is 0 Å². The van der Waals surface area contributed by atoms with E-state index in [1.165, 1.54) is 32.1 Å². The summed E-state index contributed by atoms with van der Waals surface area (Å²) in [6.45, 7) is 0. The van der Waals surface area contributed by atoms with Crippen LogP contribution in [0.25, 0.3) is 0 Å². The Morgan fingerprint density at radius 2 is 1.88 bits per heavy atom. The molecular weight excluding hydrogens is 202 g/mol. The predicted molar refractivity (Wildman–Crippen MR) is 60.1 cm³/mol. The van der Waals surface area contributed by atoms with E-state index in [0.717, 1.165) is 24.6 Å². The molecule has 2 saturated carbocycles. The third-order valence-corrected chi connectivity index (χ3v) is 4.06. The van der Waals surface area contributed by atoms with Crippen LogP contribution in [-0.2, 0) is 0 Å². The fraction of sp³-hybridized carbons (Fsp3) is 0.833. The highest BCUT2D eigenvalue weighted by atomic mass is 16.5. The Morgan fingerprint density at radius 3 is 2.56 bits per heavy atom. The van der Waals surface area contributed by atoms with E-state index in [-0.39, 0.29) is 6.04 Å². The molecule has 0 aliphatic heterocycles. The molecule has 2 fully saturated rings. The third kappa shape index (κ3) is 1.75. The van der Waals surface area contributed by atoms with Gasteiger partial charge in [0.1, 0.15) is 0 Å². The van der Waals surface area contributed by atoms with Crippen LogP contribution >= 0.6 is 0 Å². The van der Waals surface area contributed by atoms with Crippen molar-refractivity contribution >= 4 is 0 Å². The lowest BCUT2D eigenvalue weighted by molar-refractivity contribution is 0.346. The summed E-state index contributed by atoms with van der Waals surface area (Å²) < 4.78 is 5.39. The smallest absolute Gasteiger partial charge is 0.229 e. The van der Waals surface area contributed by atoms with Crippen molar-refractivity contribution in [1.29, 1.82) is 0 Å². The second-order valence-electron chi connectivity index (χ2n) is 5.17. The Morgan fingerprint density at radius 1 is 1.06 bits per heavy atom. The van der Waals surface area contributed by atoms with E-state index in [1.807, 2.05) is 0 Å². The number of hydrogen-bond donors (Lipinski definition) is 1. The minimum atomic E-state index is 0.231. The predicted octanol–water partition coefficient (Wildman–Crippen LogP) is 2.32. The van der Waals surface area contributed by atoms with E-state index in [4.69, 9.17) is 10.3 Å². The van der Waals surface area contributed by atoms with Crippen molar-refractivity contribution in [1.82, 2.24) is 10.1 Å². The number of nitrogens with two attached hydrogens (primary N) is 1. The van der Waals surface area contributed by atoms with Crippen LogP contribution < -0.4 is 5.73 Å². The van der Waals surface area contributed by atoms with Crippen molar-refractivity contribution in [2.75, 3.05) is 0 Å². The van der Waals surface area contributed by atoms with Crippen molar-refractivity contribution in [3.05, 3.63) is 11.7 Å². The number of hydrogen-bond acceptors (Lipinski definition) is 4. The van der Waals surface area contributed by atoms with Crippen LogP contribution in [0.4, 0.5) is 0 Å². The first kappa shape index (κ1) is 10.3. The largest absolute Gasteiger partial charge is 0.339 e. The summed E-state index contributed by atoms with van der Waals surface area (Å²) in [6, 6.07) is 0.231. The van der Waals surface area contributed by atoms with Crippen LogP contribution in [0.3, 0.4) is 0 Å². The summed E-state index contributed by atoms with van der Waals surface area (Å²) >= 11 is 0. The molecule has 0 spiro atoms. The highest BCUT2D eigenvalue weighted by Gasteiger charge is 2.31. The Balaban J connectivity index is 1.76. The molecule has 88 valence electrons. The van der Waals surface area contributed by atoms with E-state index < -0.39 is 0 Å². The summed E-state index contributed by atoms with van der Waals surface area (Å²) in [5.41, 5.74) is 6.05. The highest BCUT2D eigenvalue weighted by molar-refractivity contribution is 5.05. The minimum Gasteiger partial charge on any atom is -0.339 e. The monoisotopic (exact) mass is 221 g/mol. The molecular formula is C12H19N3O. The molecule has 4 nitrogen and oxygen atoms in total. The van der Waals surface area contributed by atoms with Crippen LogP contribution in [0.5, 0.6) is 0 Å². The van der Waals surface area contributed by atoms with Gasteiger partial charge in [-0.2, -0.15) is 4.98 Å². The number of rotatable bonds is 2. The first-order chi connectivity index (χ1) is 7.84. The van der Waals surface area contributed by atoms with Gasteiger partial charge in [-0.3, -0.25) is 0 Å². The minimum absolute atomic E-state index is 0.231. The first-order valence-electron chi connectivity index (χ1n) is 6.43. The molecule has 2 aliphatic rings. The van der Waals surface area contributed by atoms with Crippen molar-refractivity contribution in [3.63, 3.8) is 0 Å². The van der Waals surface area contributed by atoms with Gasteiger partial charge in [0.05, 0.1) is 0 Å². The summed E-state index contributed by atoms with van der Waals surface area (Å²) in [4.78, 5) is 4.57. The molecule has 2 N–H and O–H groups in total. The SMILES string of the molecule is N[C@H]1CCC[C@H]1c1noc(C2CCCC2)n1. The van der Waals surface area contributed by atoms with Crippen molar-refractivity contribution < 1.29 is 4.52 Å². The molecule has 16 heavy (non-hydrogen) atoms. The molecule has 1 heterocycles. The molecule has 4 heteroatoms. The van der Waals surface area contributed by atoms with Crippen LogP contribution in [0.1, 0.15) is 68.5 Å². The van der Waals surface area contributed by atoms with Crippen LogP contribution in [-0.4, -0.2) is 16.2 Å². The zero-order valence-corrected chi connectivity index (χ0v) is 9.56. The maximum atomic E-state index is 6.05. The molecule has 2 atom stereocenters. The second-order valence-corrected chi connectivity index (χ2v) is 5.17. The molecule has 0 aromatic carbocycles. The lowest BCUT2D eigenvalue weighted by atomic mass is 10.0. The fourth-order valence-electron chi connectivity index (χ4n) is 3.05. The number of nitrogens with zero attached hydrogens (tertiary/aromatic N) is 2. The maximum absolute atomic E-state index is 6.05. The summed E-state index contributed by atoms with van der Waals surface area (Å²) in [7, 11) is 0. The average molecular weight is 221 g/mol. The summed E-state index contributed by atoms with van der Waals surface area (Å²) in [5, 5.41) is 4.13. The Hall–Kier alpha value is -0.900. The van der Waals surface area contributed by atoms with Crippen molar-refractivity contribution in [2.45, 2.75) is 62.8 Å². The average Bonchev–Trinajstić information content (AvgIpc) is 2.96. The standard InChI is InChI=1S/C12H19N3O/c13-10-7-3-6-9(10)11-14-12(16-15-11)8-4-1-2-5-8/h8-10H,1-7,13H2/t9-,10+/m1/s1. The third-order valence-electron chi connectivity index (χ3n) is 4.06. The zero-order valence-electron chi connectivity index (χ0n) is 9.56. The van der Waals surface area contributed by atoms with E-state index in [0.29, 0.717) is 11.8 Å². The fourth-order valence-corrected chi connectivity index (χ4v) is 3.05. The molecule has 1 aromatic heterocycles.